The average molecular weight is 390 g/mol. The molecule has 148 valence electrons. The van der Waals surface area contributed by atoms with Crippen molar-refractivity contribution in [2.75, 3.05) is 0 Å². The third-order valence-corrected chi connectivity index (χ3v) is 4.43. The van der Waals surface area contributed by atoms with Gasteiger partial charge >= 0.3 is 0 Å². The third-order valence-electron chi connectivity index (χ3n) is 4.43. The van der Waals surface area contributed by atoms with Gasteiger partial charge in [-0.3, -0.25) is 4.79 Å². The molecule has 3 aromatic carbocycles. The van der Waals surface area contributed by atoms with Gasteiger partial charge in [0, 0.05) is 0 Å². The Morgan fingerprint density at radius 2 is 1.86 bits per heavy atom. The lowest BCUT2D eigenvalue weighted by Gasteiger charge is -2.07. The molecule has 29 heavy (non-hydrogen) atoms. The Bertz CT molecular complexity index is 1010. The zero-order valence-corrected chi connectivity index (χ0v) is 16.5. The monoisotopic (exact) mass is 390 g/mol. The van der Waals surface area contributed by atoms with E-state index >= 15 is 0 Å². The molecule has 1 amide bonds. The summed E-state index contributed by atoms with van der Waals surface area (Å²) in [5, 5.41) is 4.03. The van der Waals surface area contributed by atoms with Crippen molar-refractivity contribution >= 4 is 12.1 Å². The van der Waals surface area contributed by atoms with Gasteiger partial charge in [-0.2, -0.15) is 5.10 Å². The molecule has 4 nitrogen and oxygen atoms in total. The summed E-state index contributed by atoms with van der Waals surface area (Å²) in [5.41, 5.74) is 7.49. The Hall–Kier alpha value is -3.47. The summed E-state index contributed by atoms with van der Waals surface area (Å²) in [5.74, 6) is 0.225. The lowest BCUT2D eigenvalue weighted by molar-refractivity contribution is -0.120. The summed E-state index contributed by atoms with van der Waals surface area (Å²) in [6, 6.07) is 19.6. The molecule has 0 saturated heterocycles. The molecule has 0 atom stereocenters. The van der Waals surface area contributed by atoms with Crippen LogP contribution >= 0.6 is 0 Å². The minimum atomic E-state index is -0.272. The molecule has 0 bridgehead atoms. The van der Waals surface area contributed by atoms with Gasteiger partial charge in [0.15, 0.2) is 0 Å². The second-order valence-electron chi connectivity index (χ2n) is 6.89. The van der Waals surface area contributed by atoms with Crippen LogP contribution in [0.1, 0.15) is 27.8 Å². The van der Waals surface area contributed by atoms with E-state index in [0.29, 0.717) is 12.4 Å². The maximum absolute atomic E-state index is 13.0. The Labute approximate surface area is 170 Å². The first kappa shape index (κ1) is 20.3. The van der Waals surface area contributed by atoms with E-state index in [9.17, 15) is 9.18 Å². The summed E-state index contributed by atoms with van der Waals surface area (Å²) < 4.78 is 18.7. The van der Waals surface area contributed by atoms with E-state index in [-0.39, 0.29) is 18.1 Å². The molecule has 1 N–H and O–H groups in total. The number of nitrogens with one attached hydrogen (secondary N) is 1. The van der Waals surface area contributed by atoms with Crippen LogP contribution in [0.3, 0.4) is 0 Å². The molecular formula is C24H23FN2O2. The number of amides is 1. The summed E-state index contributed by atoms with van der Waals surface area (Å²) >= 11 is 0. The van der Waals surface area contributed by atoms with Crippen molar-refractivity contribution in [3.05, 3.63) is 100 Å². The van der Waals surface area contributed by atoms with Gasteiger partial charge in [0.25, 0.3) is 0 Å². The Balaban J connectivity index is 1.53. The SMILES string of the molecule is Cc1ccc(CC(=O)N/N=C/c2cccc(OCc3ccc(F)cc3)c2)c(C)c1. The summed E-state index contributed by atoms with van der Waals surface area (Å²) in [6.45, 7) is 4.36. The van der Waals surface area contributed by atoms with E-state index in [1.54, 1.807) is 18.3 Å². The minimum Gasteiger partial charge on any atom is -0.489 e. The van der Waals surface area contributed by atoms with Crippen molar-refractivity contribution in [3.8, 4) is 5.75 Å². The van der Waals surface area contributed by atoms with Crippen LogP contribution in [0.15, 0.2) is 71.8 Å². The van der Waals surface area contributed by atoms with Crippen LogP contribution in [0.25, 0.3) is 0 Å². The summed E-state index contributed by atoms with van der Waals surface area (Å²) in [7, 11) is 0. The Morgan fingerprint density at radius 3 is 2.62 bits per heavy atom. The van der Waals surface area contributed by atoms with Gasteiger partial charge in [-0.1, -0.05) is 48.0 Å². The van der Waals surface area contributed by atoms with Crippen molar-refractivity contribution < 1.29 is 13.9 Å². The first-order chi connectivity index (χ1) is 14.0. The first-order valence-corrected chi connectivity index (χ1v) is 9.35. The second kappa shape index (κ2) is 9.64. The lowest BCUT2D eigenvalue weighted by atomic mass is 10.0. The Kier molecular flexibility index (Phi) is 6.74. The van der Waals surface area contributed by atoms with Crippen molar-refractivity contribution in [3.63, 3.8) is 0 Å². The van der Waals surface area contributed by atoms with Crippen molar-refractivity contribution in [2.24, 2.45) is 5.10 Å². The smallest absolute Gasteiger partial charge is 0.244 e. The van der Waals surface area contributed by atoms with Crippen LogP contribution in [-0.4, -0.2) is 12.1 Å². The molecule has 3 rings (SSSR count). The number of aryl methyl sites for hydroxylation is 2. The summed E-state index contributed by atoms with van der Waals surface area (Å²) in [4.78, 5) is 12.1. The highest BCUT2D eigenvalue weighted by Gasteiger charge is 2.05. The number of hydrogen-bond donors (Lipinski definition) is 1. The van der Waals surface area contributed by atoms with E-state index < -0.39 is 0 Å². The van der Waals surface area contributed by atoms with Gasteiger partial charge in [-0.25, -0.2) is 9.82 Å². The van der Waals surface area contributed by atoms with Gasteiger partial charge in [0.2, 0.25) is 5.91 Å². The fourth-order valence-electron chi connectivity index (χ4n) is 2.87. The van der Waals surface area contributed by atoms with Crippen molar-refractivity contribution in [2.45, 2.75) is 26.9 Å². The minimum absolute atomic E-state index is 0.170. The fourth-order valence-corrected chi connectivity index (χ4v) is 2.87. The van der Waals surface area contributed by atoms with E-state index in [2.05, 4.69) is 16.6 Å². The van der Waals surface area contributed by atoms with Gasteiger partial charge in [0.1, 0.15) is 18.2 Å². The van der Waals surface area contributed by atoms with Crippen molar-refractivity contribution in [1.29, 1.82) is 0 Å². The maximum atomic E-state index is 13.0. The highest BCUT2D eigenvalue weighted by Crippen LogP contribution is 2.15. The average Bonchev–Trinajstić information content (AvgIpc) is 2.70. The van der Waals surface area contributed by atoms with Crippen LogP contribution in [0, 0.1) is 19.7 Å². The van der Waals surface area contributed by atoms with Crippen molar-refractivity contribution in [1.82, 2.24) is 5.43 Å². The number of hydrogen-bond acceptors (Lipinski definition) is 3. The number of benzene rings is 3. The number of nitrogens with zero attached hydrogens (tertiary/aromatic N) is 1. The molecule has 0 spiro atoms. The maximum Gasteiger partial charge on any atom is 0.244 e. The van der Waals surface area contributed by atoms with Crippen LogP contribution in [0.4, 0.5) is 4.39 Å². The zero-order chi connectivity index (χ0) is 20.6. The molecule has 0 fully saturated rings. The second-order valence-corrected chi connectivity index (χ2v) is 6.89. The molecule has 0 aliphatic heterocycles. The van der Waals surface area contributed by atoms with Crippen LogP contribution < -0.4 is 10.2 Å². The molecule has 0 unspecified atom stereocenters. The molecule has 0 radical (unpaired) electrons. The standard InChI is InChI=1S/C24H23FN2O2/c1-17-6-9-21(18(2)12-17)14-24(28)27-26-15-20-4-3-5-23(13-20)29-16-19-7-10-22(25)11-8-19/h3-13,15H,14,16H2,1-2H3,(H,27,28)/b26-15+. The number of hydrazone groups is 1. The number of carbonyl (C=O) groups is 1. The quantitative estimate of drug-likeness (QED) is 0.469. The summed E-state index contributed by atoms with van der Waals surface area (Å²) in [6.07, 6.45) is 1.86. The Morgan fingerprint density at radius 1 is 1.07 bits per heavy atom. The normalized spacial score (nSPS) is 10.9. The van der Waals surface area contributed by atoms with Crippen LogP contribution in [-0.2, 0) is 17.8 Å². The third kappa shape index (κ3) is 6.28. The highest BCUT2D eigenvalue weighted by atomic mass is 19.1. The molecule has 0 aromatic heterocycles. The lowest BCUT2D eigenvalue weighted by Crippen LogP contribution is -2.20. The van der Waals surface area contributed by atoms with Crippen LogP contribution in [0.2, 0.25) is 0 Å². The highest BCUT2D eigenvalue weighted by molar-refractivity contribution is 5.83. The van der Waals surface area contributed by atoms with Gasteiger partial charge < -0.3 is 4.74 Å². The molecule has 0 saturated carbocycles. The number of rotatable bonds is 7. The largest absolute Gasteiger partial charge is 0.489 e. The predicted octanol–water partition coefficient (Wildman–Crippen LogP) is 4.71. The molecule has 5 heteroatoms. The zero-order valence-electron chi connectivity index (χ0n) is 16.5. The first-order valence-electron chi connectivity index (χ1n) is 9.35. The molecule has 0 aliphatic carbocycles. The van der Waals surface area contributed by atoms with E-state index in [1.807, 2.05) is 50.2 Å². The molecular weight excluding hydrogens is 367 g/mol. The number of ether oxygens (including phenoxy) is 1. The fraction of sp³-hybridized carbons (Fsp3) is 0.167. The number of halogens is 1. The van der Waals surface area contributed by atoms with Gasteiger partial charge in [-0.05, 0) is 60.4 Å². The molecule has 3 aromatic rings. The van der Waals surface area contributed by atoms with Gasteiger partial charge in [-0.15, -0.1) is 0 Å². The van der Waals surface area contributed by atoms with Crippen LogP contribution in [0.5, 0.6) is 5.75 Å². The van der Waals surface area contributed by atoms with E-state index in [0.717, 1.165) is 22.3 Å². The predicted molar refractivity (Wildman–Crippen MR) is 113 cm³/mol. The molecule has 0 heterocycles. The van der Waals surface area contributed by atoms with Gasteiger partial charge in [0.05, 0.1) is 12.6 Å². The topological polar surface area (TPSA) is 50.7 Å². The molecule has 0 aliphatic rings. The van der Waals surface area contributed by atoms with E-state index in [4.69, 9.17) is 4.74 Å². The number of carbonyl (C=O) groups excluding carboxylic acids is 1. The van der Waals surface area contributed by atoms with E-state index in [1.165, 1.54) is 17.7 Å².